The highest BCUT2D eigenvalue weighted by Crippen LogP contribution is 2.20. The minimum absolute atomic E-state index is 0.0432. The lowest BCUT2D eigenvalue weighted by molar-refractivity contribution is 0.262. The van der Waals surface area contributed by atoms with Gasteiger partial charge in [-0.05, 0) is 42.3 Å². The summed E-state index contributed by atoms with van der Waals surface area (Å²) in [5.41, 5.74) is 1.81. The molecular weight excluding hydrogens is 279 g/mol. The smallest absolute Gasteiger partial charge is 0.308 e. The Balaban J connectivity index is 2.07. The fourth-order valence-electron chi connectivity index (χ4n) is 1.75. The molecule has 0 spiro atoms. The van der Waals surface area contributed by atoms with Crippen molar-refractivity contribution >= 4 is 29.0 Å². The fraction of sp³-hybridized carbons (Fsp3) is 0.133. The van der Waals surface area contributed by atoms with Crippen LogP contribution in [0.2, 0.25) is 5.02 Å². The van der Waals surface area contributed by atoms with E-state index in [-0.39, 0.29) is 5.69 Å². The van der Waals surface area contributed by atoms with E-state index in [1.165, 1.54) is 18.2 Å². The van der Waals surface area contributed by atoms with E-state index in [1.807, 2.05) is 25.1 Å². The SMILES string of the molecule is CCc1cccc(NC(=O)Nc2cc(Cl)ccc2F)c1. The number of urea groups is 1. The second-order valence-corrected chi connectivity index (χ2v) is 4.69. The van der Waals surface area contributed by atoms with Crippen molar-refractivity contribution in [2.75, 3.05) is 10.6 Å². The molecular formula is C15H14ClFN2O. The van der Waals surface area contributed by atoms with Gasteiger partial charge in [0.05, 0.1) is 5.69 Å². The van der Waals surface area contributed by atoms with Gasteiger partial charge in [-0.2, -0.15) is 0 Å². The molecule has 2 rings (SSSR count). The summed E-state index contributed by atoms with van der Waals surface area (Å²) in [6.45, 7) is 2.03. The van der Waals surface area contributed by atoms with Crippen molar-refractivity contribution in [3.63, 3.8) is 0 Å². The maximum absolute atomic E-state index is 13.5. The number of amides is 2. The largest absolute Gasteiger partial charge is 0.323 e. The Bertz CT molecular complexity index is 631. The van der Waals surface area contributed by atoms with Crippen molar-refractivity contribution in [2.24, 2.45) is 0 Å². The lowest BCUT2D eigenvalue weighted by Crippen LogP contribution is -2.20. The van der Waals surface area contributed by atoms with E-state index in [1.54, 1.807) is 6.07 Å². The second kappa shape index (κ2) is 6.39. The molecule has 2 aromatic rings. The van der Waals surface area contributed by atoms with Crippen LogP contribution in [-0.2, 0) is 6.42 Å². The summed E-state index contributed by atoms with van der Waals surface area (Å²) >= 11 is 5.76. The molecule has 2 N–H and O–H groups in total. The number of hydrogen-bond donors (Lipinski definition) is 2. The van der Waals surface area contributed by atoms with Gasteiger partial charge in [0.2, 0.25) is 0 Å². The Morgan fingerprint density at radius 3 is 2.75 bits per heavy atom. The van der Waals surface area contributed by atoms with Crippen LogP contribution in [0, 0.1) is 5.82 Å². The zero-order valence-electron chi connectivity index (χ0n) is 10.9. The van der Waals surface area contributed by atoms with Crippen LogP contribution in [0.4, 0.5) is 20.6 Å². The van der Waals surface area contributed by atoms with Crippen molar-refractivity contribution < 1.29 is 9.18 Å². The lowest BCUT2D eigenvalue weighted by atomic mass is 10.1. The molecule has 0 aliphatic rings. The first-order valence-corrected chi connectivity index (χ1v) is 6.58. The van der Waals surface area contributed by atoms with E-state index in [2.05, 4.69) is 10.6 Å². The molecule has 20 heavy (non-hydrogen) atoms. The summed E-state index contributed by atoms with van der Waals surface area (Å²) in [6.07, 6.45) is 0.875. The zero-order chi connectivity index (χ0) is 14.5. The first kappa shape index (κ1) is 14.3. The predicted octanol–water partition coefficient (Wildman–Crippen LogP) is 4.69. The van der Waals surface area contributed by atoms with Gasteiger partial charge in [-0.3, -0.25) is 0 Å². The first-order chi connectivity index (χ1) is 9.58. The number of carbonyl (C=O) groups is 1. The number of carbonyl (C=O) groups excluding carboxylic acids is 1. The molecule has 0 unspecified atom stereocenters. The monoisotopic (exact) mass is 292 g/mol. The highest BCUT2D eigenvalue weighted by molar-refractivity contribution is 6.30. The minimum atomic E-state index is -0.535. The van der Waals surface area contributed by atoms with Crippen LogP contribution in [0.1, 0.15) is 12.5 Å². The van der Waals surface area contributed by atoms with Crippen LogP contribution in [0.25, 0.3) is 0 Å². The summed E-state index contributed by atoms with van der Waals surface area (Å²) in [4.78, 5) is 11.8. The highest BCUT2D eigenvalue weighted by atomic mass is 35.5. The number of nitrogens with one attached hydrogen (secondary N) is 2. The molecule has 2 amide bonds. The minimum Gasteiger partial charge on any atom is -0.308 e. The van der Waals surface area contributed by atoms with E-state index < -0.39 is 11.8 Å². The van der Waals surface area contributed by atoms with Crippen molar-refractivity contribution in [3.8, 4) is 0 Å². The van der Waals surface area contributed by atoms with Gasteiger partial charge in [0.15, 0.2) is 0 Å². The van der Waals surface area contributed by atoms with Gasteiger partial charge in [-0.15, -0.1) is 0 Å². The Morgan fingerprint density at radius 2 is 2.00 bits per heavy atom. The molecule has 0 aliphatic heterocycles. The van der Waals surface area contributed by atoms with E-state index in [9.17, 15) is 9.18 Å². The van der Waals surface area contributed by atoms with Gasteiger partial charge in [0.1, 0.15) is 5.82 Å². The van der Waals surface area contributed by atoms with E-state index in [0.717, 1.165) is 12.0 Å². The number of anilines is 2. The summed E-state index contributed by atoms with van der Waals surface area (Å²) in [5.74, 6) is -0.535. The Labute approximate surface area is 121 Å². The normalized spacial score (nSPS) is 10.2. The summed E-state index contributed by atoms with van der Waals surface area (Å²) in [6, 6.07) is 10.9. The second-order valence-electron chi connectivity index (χ2n) is 4.26. The molecule has 2 aromatic carbocycles. The third-order valence-electron chi connectivity index (χ3n) is 2.77. The number of benzene rings is 2. The van der Waals surface area contributed by atoms with E-state index in [4.69, 9.17) is 11.6 Å². The van der Waals surface area contributed by atoms with E-state index >= 15 is 0 Å². The molecule has 0 radical (unpaired) electrons. The van der Waals surface area contributed by atoms with Crippen LogP contribution in [0.3, 0.4) is 0 Å². The fourth-order valence-corrected chi connectivity index (χ4v) is 1.92. The first-order valence-electron chi connectivity index (χ1n) is 6.20. The average Bonchev–Trinajstić information content (AvgIpc) is 2.43. The molecule has 0 saturated carbocycles. The Hall–Kier alpha value is -2.07. The van der Waals surface area contributed by atoms with Gasteiger partial charge in [0, 0.05) is 10.7 Å². The van der Waals surface area contributed by atoms with Gasteiger partial charge in [-0.25, -0.2) is 9.18 Å². The molecule has 0 fully saturated rings. The van der Waals surface area contributed by atoms with Crippen LogP contribution in [0.5, 0.6) is 0 Å². The predicted molar refractivity (Wildman–Crippen MR) is 79.9 cm³/mol. The zero-order valence-corrected chi connectivity index (χ0v) is 11.7. The maximum atomic E-state index is 13.5. The number of aryl methyl sites for hydroxylation is 1. The molecule has 0 saturated heterocycles. The summed E-state index contributed by atoms with van der Waals surface area (Å²) in [5, 5.41) is 5.44. The summed E-state index contributed by atoms with van der Waals surface area (Å²) < 4.78 is 13.5. The molecule has 3 nitrogen and oxygen atoms in total. The van der Waals surface area contributed by atoms with Crippen molar-refractivity contribution in [3.05, 3.63) is 58.9 Å². The van der Waals surface area contributed by atoms with Crippen LogP contribution in [0.15, 0.2) is 42.5 Å². The number of halogens is 2. The standard InChI is InChI=1S/C15H14ClFN2O/c1-2-10-4-3-5-12(8-10)18-15(20)19-14-9-11(16)6-7-13(14)17/h3-9H,2H2,1H3,(H2,18,19,20). The number of hydrogen-bond acceptors (Lipinski definition) is 1. The van der Waals surface area contributed by atoms with Crippen LogP contribution >= 0.6 is 11.6 Å². The van der Waals surface area contributed by atoms with Gasteiger partial charge < -0.3 is 10.6 Å². The van der Waals surface area contributed by atoms with Crippen molar-refractivity contribution in [1.82, 2.24) is 0 Å². The van der Waals surface area contributed by atoms with E-state index in [0.29, 0.717) is 10.7 Å². The van der Waals surface area contributed by atoms with Crippen LogP contribution in [-0.4, -0.2) is 6.03 Å². The van der Waals surface area contributed by atoms with Crippen LogP contribution < -0.4 is 10.6 Å². The maximum Gasteiger partial charge on any atom is 0.323 e. The molecule has 0 atom stereocenters. The van der Waals surface area contributed by atoms with Crippen molar-refractivity contribution in [1.29, 1.82) is 0 Å². The Morgan fingerprint density at radius 1 is 1.20 bits per heavy atom. The third-order valence-corrected chi connectivity index (χ3v) is 3.00. The van der Waals surface area contributed by atoms with Crippen molar-refractivity contribution in [2.45, 2.75) is 13.3 Å². The highest BCUT2D eigenvalue weighted by Gasteiger charge is 2.08. The molecule has 0 bridgehead atoms. The quantitative estimate of drug-likeness (QED) is 0.847. The number of rotatable bonds is 3. The molecule has 0 aromatic heterocycles. The van der Waals surface area contributed by atoms with Gasteiger partial charge in [0.25, 0.3) is 0 Å². The molecule has 104 valence electrons. The average molecular weight is 293 g/mol. The summed E-state index contributed by atoms with van der Waals surface area (Å²) in [7, 11) is 0. The topological polar surface area (TPSA) is 41.1 Å². The lowest BCUT2D eigenvalue weighted by Gasteiger charge is -2.09. The van der Waals surface area contributed by atoms with Gasteiger partial charge >= 0.3 is 6.03 Å². The molecule has 0 heterocycles. The molecule has 0 aliphatic carbocycles. The molecule has 5 heteroatoms. The third kappa shape index (κ3) is 3.71. The Kier molecular flexibility index (Phi) is 4.58. The van der Waals surface area contributed by atoms with Gasteiger partial charge in [-0.1, -0.05) is 30.7 Å².